The van der Waals surface area contributed by atoms with Gasteiger partial charge in [-0.05, 0) is 49.2 Å². The van der Waals surface area contributed by atoms with Gasteiger partial charge in [-0.2, -0.15) is 0 Å². The minimum atomic E-state index is -1.19. The zero-order valence-electron chi connectivity index (χ0n) is 12.6. The number of furan rings is 1. The number of nitrogens with one attached hydrogen (secondary N) is 1. The minimum Gasteiger partial charge on any atom is -0.455 e. The molecule has 4 nitrogen and oxygen atoms in total. The molecule has 1 fully saturated rings. The Morgan fingerprint density at radius 2 is 1.87 bits per heavy atom. The summed E-state index contributed by atoms with van der Waals surface area (Å²) >= 11 is 3.35. The van der Waals surface area contributed by atoms with Gasteiger partial charge in [0.15, 0.2) is 5.76 Å². The molecule has 1 amide bonds. The molecule has 1 atom stereocenters. The first kappa shape index (κ1) is 16.5. The summed E-state index contributed by atoms with van der Waals surface area (Å²) in [5, 5.41) is 2.99. The molecule has 0 spiro atoms. The monoisotopic (exact) mass is 395 g/mol. The third-order valence-electron chi connectivity index (χ3n) is 3.93. The Hall–Kier alpha value is -1.40. The van der Waals surface area contributed by atoms with Gasteiger partial charge in [0.1, 0.15) is 5.76 Å². The lowest BCUT2D eigenvalue weighted by Crippen LogP contribution is -2.32. The summed E-state index contributed by atoms with van der Waals surface area (Å²) in [6, 6.07) is 11.0. The van der Waals surface area contributed by atoms with Crippen molar-refractivity contribution in [2.75, 3.05) is 0 Å². The van der Waals surface area contributed by atoms with Crippen LogP contribution in [-0.4, -0.2) is 16.2 Å². The van der Waals surface area contributed by atoms with E-state index in [2.05, 4.69) is 21.2 Å². The van der Waals surface area contributed by atoms with Crippen LogP contribution >= 0.6 is 15.9 Å². The summed E-state index contributed by atoms with van der Waals surface area (Å²) in [5.74, 6) is 0.929. The average Bonchev–Trinajstić information content (AvgIpc) is 3.19. The highest BCUT2D eigenvalue weighted by Gasteiger charge is 2.20. The lowest BCUT2D eigenvalue weighted by Gasteiger charge is -2.09. The fourth-order valence-corrected chi connectivity index (χ4v) is 3.99. The standard InChI is InChI=1S/C17H18BrNO3S/c18-12-5-8-15(9-6-12)23(21)11-14-7-10-16(22-14)17(20)19-13-3-1-2-4-13/h5-10,13H,1-4,11H2,(H,19,20). The summed E-state index contributed by atoms with van der Waals surface area (Å²) in [5.41, 5.74) is 0. The third-order valence-corrected chi connectivity index (χ3v) is 5.80. The summed E-state index contributed by atoms with van der Waals surface area (Å²) in [7, 11) is -1.19. The Balaban J connectivity index is 1.61. The molecule has 0 aliphatic heterocycles. The maximum atomic E-state index is 12.3. The van der Waals surface area contributed by atoms with Gasteiger partial charge in [-0.1, -0.05) is 28.8 Å². The molecule has 3 rings (SSSR count). The maximum Gasteiger partial charge on any atom is 0.287 e. The van der Waals surface area contributed by atoms with E-state index in [1.165, 1.54) is 12.8 Å². The molecule has 1 aromatic heterocycles. The SMILES string of the molecule is O=C(NC1CCCC1)c1ccc(CS(=O)c2ccc(Br)cc2)o1. The van der Waals surface area contributed by atoms with Gasteiger partial charge < -0.3 is 9.73 Å². The molecular formula is C17H18BrNO3S. The Kier molecular flexibility index (Phi) is 5.33. The summed E-state index contributed by atoms with van der Waals surface area (Å²) in [6.07, 6.45) is 4.40. The van der Waals surface area contributed by atoms with Crippen molar-refractivity contribution in [3.05, 3.63) is 52.4 Å². The van der Waals surface area contributed by atoms with Gasteiger partial charge in [-0.15, -0.1) is 0 Å². The predicted molar refractivity (Wildman–Crippen MR) is 92.7 cm³/mol. The second-order valence-corrected chi connectivity index (χ2v) is 8.03. The molecule has 1 aromatic carbocycles. The van der Waals surface area contributed by atoms with Crippen molar-refractivity contribution in [3.8, 4) is 0 Å². The largest absolute Gasteiger partial charge is 0.455 e. The van der Waals surface area contributed by atoms with E-state index in [0.29, 0.717) is 11.5 Å². The van der Waals surface area contributed by atoms with Crippen LogP contribution in [0.3, 0.4) is 0 Å². The van der Waals surface area contributed by atoms with Crippen LogP contribution in [0.4, 0.5) is 0 Å². The highest BCUT2D eigenvalue weighted by Crippen LogP contribution is 2.20. The van der Waals surface area contributed by atoms with Crippen molar-refractivity contribution >= 4 is 32.6 Å². The van der Waals surface area contributed by atoms with Crippen molar-refractivity contribution in [1.29, 1.82) is 0 Å². The number of rotatable bonds is 5. The van der Waals surface area contributed by atoms with Crippen LogP contribution < -0.4 is 5.32 Å². The topological polar surface area (TPSA) is 59.3 Å². The van der Waals surface area contributed by atoms with Crippen LogP contribution in [0, 0.1) is 0 Å². The molecule has 1 heterocycles. The van der Waals surface area contributed by atoms with Gasteiger partial charge in [0, 0.05) is 15.4 Å². The molecule has 23 heavy (non-hydrogen) atoms. The van der Waals surface area contributed by atoms with Crippen molar-refractivity contribution in [2.45, 2.75) is 42.4 Å². The predicted octanol–water partition coefficient (Wildman–Crippen LogP) is 4.02. The summed E-state index contributed by atoms with van der Waals surface area (Å²) < 4.78 is 18.8. The maximum absolute atomic E-state index is 12.3. The van der Waals surface area contributed by atoms with Gasteiger partial charge in [0.05, 0.1) is 16.6 Å². The molecule has 0 radical (unpaired) electrons. The van der Waals surface area contributed by atoms with Crippen LogP contribution in [0.15, 0.2) is 50.2 Å². The van der Waals surface area contributed by atoms with E-state index in [1.54, 1.807) is 12.1 Å². The number of carbonyl (C=O) groups excluding carboxylic acids is 1. The van der Waals surface area contributed by atoms with Crippen LogP contribution in [0.1, 0.15) is 42.0 Å². The average molecular weight is 396 g/mol. The van der Waals surface area contributed by atoms with Crippen molar-refractivity contribution < 1.29 is 13.4 Å². The molecule has 1 aliphatic rings. The van der Waals surface area contributed by atoms with Crippen LogP contribution in [0.25, 0.3) is 0 Å². The molecule has 0 bridgehead atoms. The summed E-state index contributed by atoms with van der Waals surface area (Å²) in [6.45, 7) is 0. The number of hydrogen-bond acceptors (Lipinski definition) is 3. The van der Waals surface area contributed by atoms with E-state index in [0.717, 1.165) is 22.2 Å². The molecule has 1 aliphatic carbocycles. The van der Waals surface area contributed by atoms with Crippen LogP contribution in [0.5, 0.6) is 0 Å². The van der Waals surface area contributed by atoms with Gasteiger partial charge in [-0.25, -0.2) is 0 Å². The first-order valence-corrected chi connectivity index (χ1v) is 9.76. The fourth-order valence-electron chi connectivity index (χ4n) is 2.70. The Morgan fingerprint density at radius 3 is 2.57 bits per heavy atom. The molecule has 122 valence electrons. The number of amides is 1. The number of benzene rings is 1. The van der Waals surface area contributed by atoms with Crippen LogP contribution in [0.2, 0.25) is 0 Å². The second-order valence-electron chi connectivity index (χ2n) is 5.66. The molecule has 2 aromatic rings. The number of halogens is 1. The van der Waals surface area contributed by atoms with Gasteiger partial charge in [0.2, 0.25) is 0 Å². The minimum absolute atomic E-state index is 0.183. The van der Waals surface area contributed by atoms with Crippen LogP contribution in [-0.2, 0) is 16.6 Å². The third kappa shape index (κ3) is 4.32. The lowest BCUT2D eigenvalue weighted by molar-refractivity contribution is 0.0908. The van der Waals surface area contributed by atoms with Gasteiger partial charge >= 0.3 is 0 Å². The van der Waals surface area contributed by atoms with Crippen molar-refractivity contribution in [1.82, 2.24) is 5.32 Å². The molecule has 6 heteroatoms. The quantitative estimate of drug-likeness (QED) is 0.831. The summed E-state index contributed by atoms with van der Waals surface area (Å²) in [4.78, 5) is 12.9. The zero-order valence-corrected chi connectivity index (χ0v) is 15.0. The van der Waals surface area contributed by atoms with Crippen molar-refractivity contribution in [3.63, 3.8) is 0 Å². The van der Waals surface area contributed by atoms with Gasteiger partial charge in [0.25, 0.3) is 5.91 Å². The van der Waals surface area contributed by atoms with Gasteiger partial charge in [-0.3, -0.25) is 9.00 Å². The number of carbonyl (C=O) groups is 1. The second kappa shape index (κ2) is 7.45. The highest BCUT2D eigenvalue weighted by molar-refractivity contribution is 9.10. The lowest BCUT2D eigenvalue weighted by atomic mass is 10.2. The van der Waals surface area contributed by atoms with E-state index in [9.17, 15) is 9.00 Å². The molecule has 1 unspecified atom stereocenters. The first-order chi connectivity index (χ1) is 11.1. The molecule has 1 saturated carbocycles. The van der Waals surface area contributed by atoms with Crippen molar-refractivity contribution in [2.24, 2.45) is 0 Å². The van der Waals surface area contributed by atoms with E-state index in [4.69, 9.17) is 4.42 Å². The Labute approximate surface area is 146 Å². The molecule has 1 N–H and O–H groups in total. The Morgan fingerprint density at radius 1 is 1.17 bits per heavy atom. The highest BCUT2D eigenvalue weighted by atomic mass is 79.9. The van der Waals surface area contributed by atoms with E-state index < -0.39 is 10.8 Å². The fraction of sp³-hybridized carbons (Fsp3) is 0.353. The van der Waals surface area contributed by atoms with E-state index in [-0.39, 0.29) is 17.7 Å². The normalized spacial score (nSPS) is 16.4. The smallest absolute Gasteiger partial charge is 0.287 e. The molecule has 0 saturated heterocycles. The first-order valence-electron chi connectivity index (χ1n) is 7.65. The molecular weight excluding hydrogens is 378 g/mol. The zero-order chi connectivity index (χ0) is 16.2. The number of hydrogen-bond donors (Lipinski definition) is 1. The van der Waals surface area contributed by atoms with E-state index in [1.807, 2.05) is 24.3 Å². The Bertz CT molecular complexity index is 705. The van der Waals surface area contributed by atoms with E-state index >= 15 is 0 Å².